The summed E-state index contributed by atoms with van der Waals surface area (Å²) in [6, 6.07) is 12.9. The largest absolute Gasteiger partial charge is 0.423 e. The van der Waals surface area contributed by atoms with E-state index in [9.17, 15) is 9.18 Å². The molecule has 0 aliphatic heterocycles. The molecule has 0 aromatic heterocycles. The van der Waals surface area contributed by atoms with Crippen LogP contribution < -0.4 is 4.74 Å². The predicted molar refractivity (Wildman–Crippen MR) is 76.4 cm³/mol. The second kappa shape index (κ2) is 6.85. The Morgan fingerprint density at radius 1 is 1.15 bits per heavy atom. The van der Waals surface area contributed by atoms with E-state index in [1.807, 2.05) is 12.1 Å². The number of rotatable bonds is 5. The normalized spacial score (nSPS) is 10.3. The molecule has 2 rings (SSSR count). The number of aryl methyl sites for hydroxylation is 1. The highest BCUT2D eigenvalue weighted by atomic mass is 19.1. The molecule has 0 amide bonds. The van der Waals surface area contributed by atoms with Crippen molar-refractivity contribution in [3.8, 4) is 5.75 Å². The summed E-state index contributed by atoms with van der Waals surface area (Å²) in [4.78, 5) is 11.9. The minimum Gasteiger partial charge on any atom is -0.423 e. The number of carbonyl (C=O) groups is 1. The maximum absolute atomic E-state index is 13.0. The molecule has 0 atom stereocenters. The highest BCUT2D eigenvalue weighted by molar-refractivity contribution is 5.91. The number of ether oxygens (including phenoxy) is 1. The van der Waals surface area contributed by atoms with Gasteiger partial charge in [-0.1, -0.05) is 31.5 Å². The van der Waals surface area contributed by atoms with E-state index in [4.69, 9.17) is 4.74 Å². The molecule has 3 heteroatoms. The molecule has 0 fully saturated rings. The Kier molecular flexibility index (Phi) is 4.88. The Morgan fingerprint density at radius 2 is 1.90 bits per heavy atom. The Balaban J connectivity index is 2.02. The summed E-state index contributed by atoms with van der Waals surface area (Å²) < 4.78 is 18.1. The first-order valence-corrected chi connectivity index (χ1v) is 6.75. The van der Waals surface area contributed by atoms with Crippen LogP contribution in [0.2, 0.25) is 0 Å². The van der Waals surface area contributed by atoms with Crippen molar-refractivity contribution in [2.75, 3.05) is 0 Å². The highest BCUT2D eigenvalue weighted by Gasteiger charge is 2.08. The summed E-state index contributed by atoms with van der Waals surface area (Å²) >= 11 is 0. The number of hydrogen-bond acceptors (Lipinski definition) is 2. The van der Waals surface area contributed by atoms with E-state index in [0.29, 0.717) is 5.56 Å². The lowest BCUT2D eigenvalue weighted by molar-refractivity contribution is 0.0734. The van der Waals surface area contributed by atoms with Gasteiger partial charge in [0.25, 0.3) is 0 Å². The lowest BCUT2D eigenvalue weighted by atomic mass is 10.1. The van der Waals surface area contributed by atoms with Crippen LogP contribution >= 0.6 is 0 Å². The van der Waals surface area contributed by atoms with Crippen molar-refractivity contribution in [2.24, 2.45) is 0 Å². The van der Waals surface area contributed by atoms with Crippen LogP contribution in [0.1, 0.15) is 35.7 Å². The first-order chi connectivity index (χ1) is 9.69. The van der Waals surface area contributed by atoms with E-state index < -0.39 is 11.8 Å². The van der Waals surface area contributed by atoms with Gasteiger partial charge in [0.1, 0.15) is 11.6 Å². The molecule has 104 valence electrons. The summed E-state index contributed by atoms with van der Waals surface area (Å²) in [5, 5.41) is 0. The fourth-order valence-electron chi connectivity index (χ4n) is 1.88. The van der Waals surface area contributed by atoms with Crippen LogP contribution in [-0.4, -0.2) is 5.97 Å². The van der Waals surface area contributed by atoms with Crippen molar-refractivity contribution in [1.29, 1.82) is 0 Å². The fraction of sp³-hybridized carbons (Fsp3) is 0.235. The van der Waals surface area contributed by atoms with Crippen LogP contribution in [0.3, 0.4) is 0 Å². The van der Waals surface area contributed by atoms with Crippen molar-refractivity contribution >= 4 is 5.97 Å². The summed E-state index contributed by atoms with van der Waals surface area (Å²) in [7, 11) is 0. The Morgan fingerprint density at radius 3 is 2.55 bits per heavy atom. The minimum absolute atomic E-state index is 0.213. The van der Waals surface area contributed by atoms with E-state index in [2.05, 4.69) is 6.92 Å². The lowest BCUT2D eigenvalue weighted by Gasteiger charge is -2.05. The van der Waals surface area contributed by atoms with E-state index in [1.54, 1.807) is 18.2 Å². The van der Waals surface area contributed by atoms with Gasteiger partial charge < -0.3 is 4.74 Å². The minimum atomic E-state index is -0.474. The van der Waals surface area contributed by atoms with Gasteiger partial charge in [-0.3, -0.25) is 0 Å². The molecule has 0 N–H and O–H groups in total. The summed E-state index contributed by atoms with van der Waals surface area (Å²) in [5.41, 5.74) is 1.67. The molecule has 0 spiro atoms. The van der Waals surface area contributed by atoms with Crippen molar-refractivity contribution in [3.63, 3.8) is 0 Å². The zero-order valence-corrected chi connectivity index (χ0v) is 11.4. The molecule has 0 aliphatic rings. The van der Waals surface area contributed by atoms with E-state index >= 15 is 0 Å². The first-order valence-electron chi connectivity index (χ1n) is 6.75. The molecular weight excluding hydrogens is 255 g/mol. The van der Waals surface area contributed by atoms with Gasteiger partial charge in [-0.2, -0.15) is 0 Å². The van der Waals surface area contributed by atoms with Crippen LogP contribution in [0.5, 0.6) is 5.75 Å². The Labute approximate surface area is 118 Å². The molecule has 0 unspecified atom stereocenters. The van der Waals surface area contributed by atoms with Crippen molar-refractivity contribution in [3.05, 3.63) is 65.5 Å². The quantitative estimate of drug-likeness (QED) is 0.596. The SMILES string of the molecule is CCCCc1ccc(C(=O)Oc2cccc(F)c2)cc1. The third-order valence-electron chi connectivity index (χ3n) is 3.02. The summed E-state index contributed by atoms with van der Waals surface area (Å²) in [6.45, 7) is 2.14. The number of carbonyl (C=O) groups excluding carboxylic acids is 1. The molecule has 2 aromatic rings. The van der Waals surface area contributed by atoms with Gasteiger partial charge in [0, 0.05) is 6.07 Å². The molecule has 0 heterocycles. The molecular formula is C17H17FO2. The van der Waals surface area contributed by atoms with Gasteiger partial charge in [0.15, 0.2) is 0 Å². The van der Waals surface area contributed by atoms with Crippen molar-refractivity contribution in [1.82, 2.24) is 0 Å². The average Bonchev–Trinajstić information content (AvgIpc) is 2.45. The maximum Gasteiger partial charge on any atom is 0.343 e. The first kappa shape index (κ1) is 14.3. The third-order valence-corrected chi connectivity index (χ3v) is 3.02. The molecule has 2 nitrogen and oxygen atoms in total. The van der Waals surface area contributed by atoms with E-state index in [0.717, 1.165) is 19.3 Å². The van der Waals surface area contributed by atoms with Crippen LogP contribution in [0.25, 0.3) is 0 Å². The van der Waals surface area contributed by atoms with Gasteiger partial charge in [0.2, 0.25) is 0 Å². The molecule has 20 heavy (non-hydrogen) atoms. The molecule has 0 bridgehead atoms. The van der Waals surface area contributed by atoms with Crippen molar-refractivity contribution in [2.45, 2.75) is 26.2 Å². The highest BCUT2D eigenvalue weighted by Crippen LogP contribution is 2.15. The molecule has 0 saturated carbocycles. The monoisotopic (exact) mass is 272 g/mol. The number of halogens is 1. The second-order valence-corrected chi connectivity index (χ2v) is 4.65. The second-order valence-electron chi connectivity index (χ2n) is 4.65. The third kappa shape index (κ3) is 3.92. The molecule has 0 aliphatic carbocycles. The summed E-state index contributed by atoms with van der Waals surface area (Å²) in [6.07, 6.45) is 3.28. The number of unbranched alkanes of at least 4 members (excludes halogenated alkanes) is 1. The average molecular weight is 272 g/mol. The van der Waals surface area contributed by atoms with Gasteiger partial charge in [0.05, 0.1) is 5.56 Å². The van der Waals surface area contributed by atoms with E-state index in [1.165, 1.54) is 23.8 Å². The zero-order valence-electron chi connectivity index (χ0n) is 11.4. The summed E-state index contributed by atoms with van der Waals surface area (Å²) in [5.74, 6) is -0.687. The van der Waals surface area contributed by atoms with Crippen LogP contribution in [-0.2, 0) is 6.42 Å². The van der Waals surface area contributed by atoms with Crippen LogP contribution in [0, 0.1) is 5.82 Å². The van der Waals surface area contributed by atoms with Crippen LogP contribution in [0.15, 0.2) is 48.5 Å². The van der Waals surface area contributed by atoms with Gasteiger partial charge in [-0.25, -0.2) is 9.18 Å². The molecule has 0 saturated heterocycles. The number of hydrogen-bond donors (Lipinski definition) is 0. The molecule has 0 radical (unpaired) electrons. The van der Waals surface area contributed by atoms with Gasteiger partial charge in [-0.05, 0) is 42.7 Å². The van der Waals surface area contributed by atoms with Gasteiger partial charge >= 0.3 is 5.97 Å². The van der Waals surface area contributed by atoms with Crippen molar-refractivity contribution < 1.29 is 13.9 Å². The Hall–Kier alpha value is -2.16. The molecule has 2 aromatic carbocycles. The smallest absolute Gasteiger partial charge is 0.343 e. The van der Waals surface area contributed by atoms with Gasteiger partial charge in [-0.15, -0.1) is 0 Å². The fourth-order valence-corrected chi connectivity index (χ4v) is 1.88. The maximum atomic E-state index is 13.0. The van der Waals surface area contributed by atoms with E-state index in [-0.39, 0.29) is 5.75 Å². The standard InChI is InChI=1S/C17H17FO2/c1-2-3-5-13-8-10-14(11-9-13)17(19)20-16-7-4-6-15(18)12-16/h4,6-12H,2-3,5H2,1H3. The number of benzene rings is 2. The Bertz CT molecular complexity index is 576. The predicted octanol–water partition coefficient (Wildman–Crippen LogP) is 4.39. The van der Waals surface area contributed by atoms with Crippen LogP contribution in [0.4, 0.5) is 4.39 Å². The lowest BCUT2D eigenvalue weighted by Crippen LogP contribution is -2.08. The number of esters is 1. The zero-order chi connectivity index (χ0) is 14.4. The topological polar surface area (TPSA) is 26.3 Å².